The highest BCUT2D eigenvalue weighted by Gasteiger charge is 2.12. The van der Waals surface area contributed by atoms with E-state index in [2.05, 4.69) is 59.0 Å². The van der Waals surface area contributed by atoms with Gasteiger partial charge in [0.25, 0.3) is 0 Å². The zero-order chi connectivity index (χ0) is 22.5. The molecule has 3 aromatic rings. The van der Waals surface area contributed by atoms with E-state index in [1.54, 1.807) is 18.3 Å². The second-order valence-corrected chi connectivity index (χ2v) is 7.72. The molecule has 158 valence electrons. The summed E-state index contributed by atoms with van der Waals surface area (Å²) in [6, 6.07) is 17.7. The van der Waals surface area contributed by atoms with Crippen LogP contribution in [0.5, 0.6) is 0 Å². The van der Waals surface area contributed by atoms with Gasteiger partial charge in [0.2, 0.25) is 5.91 Å². The number of aryl methyl sites for hydroxylation is 2. The van der Waals surface area contributed by atoms with E-state index < -0.39 is 5.91 Å². The molecule has 31 heavy (non-hydrogen) atoms. The van der Waals surface area contributed by atoms with Crippen molar-refractivity contribution < 1.29 is 4.79 Å². The lowest BCUT2D eigenvalue weighted by atomic mass is 10.1. The minimum absolute atomic E-state index is 0.441. The van der Waals surface area contributed by atoms with Gasteiger partial charge in [-0.3, -0.25) is 4.79 Å². The van der Waals surface area contributed by atoms with Gasteiger partial charge in [-0.1, -0.05) is 24.3 Å². The molecule has 1 heterocycles. The molecule has 0 aliphatic carbocycles. The number of hydrogen-bond donors (Lipinski definition) is 2. The Morgan fingerprint density at radius 2 is 1.87 bits per heavy atom. The van der Waals surface area contributed by atoms with Gasteiger partial charge in [0.05, 0.1) is 0 Å². The summed E-state index contributed by atoms with van der Waals surface area (Å²) in [6.45, 7) is 10.1. The molecule has 0 saturated heterocycles. The fourth-order valence-electron chi connectivity index (χ4n) is 3.34. The second kappa shape index (κ2) is 9.30. The summed E-state index contributed by atoms with van der Waals surface area (Å²) in [5.41, 5.74) is 12.9. The Balaban J connectivity index is 1.95. The van der Waals surface area contributed by atoms with Gasteiger partial charge in [0.1, 0.15) is 5.82 Å². The molecule has 5 nitrogen and oxygen atoms in total. The Labute approximate surface area is 183 Å². The van der Waals surface area contributed by atoms with E-state index in [1.807, 2.05) is 39.1 Å². The van der Waals surface area contributed by atoms with E-state index >= 15 is 0 Å². The van der Waals surface area contributed by atoms with Crippen LogP contribution in [0.25, 0.3) is 5.70 Å². The van der Waals surface area contributed by atoms with E-state index in [0.29, 0.717) is 11.4 Å². The topological polar surface area (TPSA) is 71.2 Å². The molecule has 2 aromatic carbocycles. The normalized spacial score (nSPS) is 11.2. The van der Waals surface area contributed by atoms with Crippen LogP contribution < -0.4 is 16.0 Å². The fraction of sp³-hybridized carbons (Fsp3) is 0.154. The van der Waals surface area contributed by atoms with Crippen LogP contribution in [-0.2, 0) is 0 Å². The van der Waals surface area contributed by atoms with Crippen LogP contribution in [0.15, 0.2) is 79.0 Å². The zero-order valence-electron chi connectivity index (χ0n) is 18.4. The molecule has 5 heteroatoms. The Hall–Kier alpha value is -3.86. The van der Waals surface area contributed by atoms with Gasteiger partial charge in [-0.15, -0.1) is 0 Å². The zero-order valence-corrected chi connectivity index (χ0v) is 18.4. The Morgan fingerprint density at radius 3 is 2.52 bits per heavy atom. The molecule has 1 amide bonds. The van der Waals surface area contributed by atoms with E-state index in [0.717, 1.165) is 33.8 Å². The Bertz CT molecular complexity index is 1160. The molecule has 0 atom stereocenters. The third-order valence-corrected chi connectivity index (χ3v) is 4.96. The first-order valence-corrected chi connectivity index (χ1v) is 10.1. The van der Waals surface area contributed by atoms with Gasteiger partial charge in [0, 0.05) is 41.4 Å². The summed E-state index contributed by atoms with van der Waals surface area (Å²) >= 11 is 0. The van der Waals surface area contributed by atoms with Crippen molar-refractivity contribution in [1.29, 1.82) is 0 Å². The molecule has 0 bridgehead atoms. The number of rotatable bonds is 7. The first-order chi connectivity index (χ1) is 14.7. The number of hydrogen-bond acceptors (Lipinski definition) is 4. The highest BCUT2D eigenvalue weighted by molar-refractivity contribution is 5.93. The van der Waals surface area contributed by atoms with Gasteiger partial charge < -0.3 is 16.0 Å². The number of nitrogens with one attached hydrogen (secondary N) is 1. The smallest absolute Gasteiger partial charge is 0.248 e. The number of nitrogens with zero attached hydrogens (tertiary/aromatic N) is 2. The minimum Gasteiger partial charge on any atom is -0.366 e. The molecule has 3 N–H and O–H groups in total. The molecular formula is C26H28N4O. The highest BCUT2D eigenvalue weighted by Crippen LogP contribution is 2.28. The maximum absolute atomic E-state index is 11.4. The maximum Gasteiger partial charge on any atom is 0.248 e. The predicted molar refractivity (Wildman–Crippen MR) is 130 cm³/mol. The average molecular weight is 413 g/mol. The van der Waals surface area contributed by atoms with Crippen molar-refractivity contribution in [2.45, 2.75) is 20.8 Å². The van der Waals surface area contributed by atoms with E-state index in [9.17, 15) is 4.79 Å². The van der Waals surface area contributed by atoms with Crippen molar-refractivity contribution in [3.8, 4) is 0 Å². The molecule has 0 fully saturated rings. The summed E-state index contributed by atoms with van der Waals surface area (Å²) in [5, 5.41) is 3.34. The van der Waals surface area contributed by atoms with Crippen LogP contribution in [-0.4, -0.2) is 17.9 Å². The molecule has 0 radical (unpaired) electrons. The number of allylic oxidation sites excluding steroid dienone is 2. The van der Waals surface area contributed by atoms with Crippen LogP contribution >= 0.6 is 0 Å². The monoisotopic (exact) mass is 412 g/mol. The third kappa shape index (κ3) is 5.39. The molecule has 0 aliphatic heterocycles. The van der Waals surface area contributed by atoms with Crippen molar-refractivity contribution in [3.63, 3.8) is 0 Å². The van der Waals surface area contributed by atoms with Crippen molar-refractivity contribution >= 4 is 28.8 Å². The maximum atomic E-state index is 11.4. The molecule has 0 unspecified atom stereocenters. The molecular weight excluding hydrogens is 384 g/mol. The van der Waals surface area contributed by atoms with Gasteiger partial charge in [-0.25, -0.2) is 4.98 Å². The van der Waals surface area contributed by atoms with Crippen LogP contribution in [0.3, 0.4) is 0 Å². The third-order valence-electron chi connectivity index (χ3n) is 4.96. The molecule has 3 rings (SSSR count). The van der Waals surface area contributed by atoms with Crippen LogP contribution in [0.1, 0.15) is 34.0 Å². The standard InChI is InChI=1S/C26H28N4O/c1-17(2)13-24(30(5)22-8-6-7-18(3)14-22)20-11-12-28-25(16-20)29-23-10-9-21(26(27)31)15-19(23)4/h6-16H,1H2,2-5H3,(H2,27,31)(H,28,29)/b24-13-. The summed E-state index contributed by atoms with van der Waals surface area (Å²) < 4.78 is 0. The first kappa shape index (κ1) is 21.8. The summed E-state index contributed by atoms with van der Waals surface area (Å²) in [7, 11) is 2.05. The van der Waals surface area contributed by atoms with E-state index in [-0.39, 0.29) is 0 Å². The molecule has 0 spiro atoms. The number of primary amides is 1. The van der Waals surface area contributed by atoms with Crippen molar-refractivity contribution in [2.24, 2.45) is 5.73 Å². The number of carbonyl (C=O) groups excluding carboxylic acids is 1. The molecule has 1 aromatic heterocycles. The number of benzene rings is 2. The quantitative estimate of drug-likeness (QED) is 0.496. The minimum atomic E-state index is -0.441. The Morgan fingerprint density at radius 1 is 1.10 bits per heavy atom. The lowest BCUT2D eigenvalue weighted by Crippen LogP contribution is -2.16. The van der Waals surface area contributed by atoms with Gasteiger partial charge in [-0.05, 0) is 80.4 Å². The summed E-state index contributed by atoms with van der Waals surface area (Å²) in [5.74, 6) is 0.265. The molecule has 0 saturated carbocycles. The van der Waals surface area contributed by atoms with Crippen LogP contribution in [0, 0.1) is 13.8 Å². The van der Waals surface area contributed by atoms with Gasteiger partial charge in [-0.2, -0.15) is 0 Å². The Kier molecular flexibility index (Phi) is 6.55. The highest BCUT2D eigenvalue weighted by atomic mass is 16.1. The average Bonchev–Trinajstić information content (AvgIpc) is 2.73. The van der Waals surface area contributed by atoms with Crippen molar-refractivity contribution in [3.05, 3.63) is 101 Å². The van der Waals surface area contributed by atoms with Crippen LogP contribution in [0.4, 0.5) is 17.2 Å². The number of carbonyl (C=O) groups is 1. The van der Waals surface area contributed by atoms with Crippen molar-refractivity contribution in [2.75, 3.05) is 17.3 Å². The van der Waals surface area contributed by atoms with E-state index in [4.69, 9.17) is 5.73 Å². The number of amides is 1. The lowest BCUT2D eigenvalue weighted by Gasteiger charge is -2.24. The van der Waals surface area contributed by atoms with Gasteiger partial charge in [0.15, 0.2) is 0 Å². The number of pyridine rings is 1. The fourth-order valence-corrected chi connectivity index (χ4v) is 3.34. The number of aromatic nitrogens is 1. The number of nitrogens with two attached hydrogens (primary N) is 1. The largest absolute Gasteiger partial charge is 0.366 e. The summed E-state index contributed by atoms with van der Waals surface area (Å²) in [4.78, 5) is 18.0. The first-order valence-electron chi connectivity index (χ1n) is 10.1. The number of anilines is 3. The lowest BCUT2D eigenvalue weighted by molar-refractivity contribution is 0.1000. The van der Waals surface area contributed by atoms with Crippen LogP contribution in [0.2, 0.25) is 0 Å². The molecule has 0 aliphatic rings. The van der Waals surface area contributed by atoms with Crippen molar-refractivity contribution in [1.82, 2.24) is 4.98 Å². The predicted octanol–water partition coefficient (Wildman–Crippen LogP) is 5.59. The SMILES string of the molecule is C=C(C)/C=C(/c1ccnc(Nc2ccc(C(N)=O)cc2C)c1)N(C)c1cccc(C)c1. The van der Waals surface area contributed by atoms with E-state index in [1.165, 1.54) is 5.56 Å². The van der Waals surface area contributed by atoms with Gasteiger partial charge >= 0.3 is 0 Å². The summed E-state index contributed by atoms with van der Waals surface area (Å²) in [6.07, 6.45) is 3.84. The second-order valence-electron chi connectivity index (χ2n) is 7.72.